The Morgan fingerprint density at radius 3 is 2.75 bits per heavy atom. The normalized spacial score (nSPS) is 24.3. The van der Waals surface area contributed by atoms with Gasteiger partial charge in [0.25, 0.3) is 0 Å². The Balaban J connectivity index is 1.35. The van der Waals surface area contributed by atoms with Gasteiger partial charge < -0.3 is 4.74 Å². The van der Waals surface area contributed by atoms with E-state index in [1.165, 1.54) is 12.8 Å². The molecule has 0 radical (unpaired) electrons. The number of carbonyl (C=O) groups excluding carboxylic acids is 1. The van der Waals surface area contributed by atoms with Crippen LogP contribution in [0, 0.1) is 17.3 Å². The van der Waals surface area contributed by atoms with Crippen molar-refractivity contribution in [2.45, 2.75) is 39.2 Å². The lowest BCUT2D eigenvalue weighted by Crippen LogP contribution is -2.22. The molecule has 3 aromatic carbocycles. The molecule has 1 N–H and O–H groups in total. The van der Waals surface area contributed by atoms with Gasteiger partial charge in [-0.15, -0.1) is 0 Å². The Morgan fingerprint density at radius 2 is 1.97 bits per heavy atom. The highest BCUT2D eigenvalue weighted by Crippen LogP contribution is 2.66. The summed E-state index contributed by atoms with van der Waals surface area (Å²) in [5.74, 6) is 1.38. The number of hydrogen-bond acceptors (Lipinski definition) is 3. The minimum absolute atomic E-state index is 0.0412. The fraction of sp³-hybridized carbons (Fsp3) is 0.333. The van der Waals surface area contributed by atoms with E-state index in [2.05, 4.69) is 23.5 Å². The van der Waals surface area contributed by atoms with Gasteiger partial charge in [-0.05, 0) is 58.7 Å². The van der Waals surface area contributed by atoms with Crippen LogP contribution in [-0.4, -0.2) is 12.1 Å². The number of hydrazone groups is 1. The first kappa shape index (κ1) is 21.0. The first-order valence-corrected chi connectivity index (χ1v) is 11.7. The van der Waals surface area contributed by atoms with E-state index in [0.29, 0.717) is 17.5 Å². The predicted molar refractivity (Wildman–Crippen MR) is 129 cm³/mol. The van der Waals surface area contributed by atoms with Crippen molar-refractivity contribution in [3.63, 3.8) is 0 Å². The lowest BCUT2D eigenvalue weighted by molar-refractivity contribution is -0.123. The summed E-state index contributed by atoms with van der Waals surface area (Å²) >= 11 is 5.98. The summed E-state index contributed by atoms with van der Waals surface area (Å²) in [4.78, 5) is 12.8. The van der Waals surface area contributed by atoms with Gasteiger partial charge in [0.15, 0.2) is 0 Å². The summed E-state index contributed by atoms with van der Waals surface area (Å²) in [7, 11) is 0. The number of amides is 1. The largest absolute Gasteiger partial charge is 0.488 e. The number of rotatable bonds is 6. The van der Waals surface area contributed by atoms with Crippen molar-refractivity contribution in [2.75, 3.05) is 0 Å². The Labute approximate surface area is 193 Å². The second-order valence-corrected chi connectivity index (χ2v) is 9.62. The number of halogens is 1. The van der Waals surface area contributed by atoms with Crippen LogP contribution in [-0.2, 0) is 11.4 Å². The third kappa shape index (κ3) is 4.00. The van der Waals surface area contributed by atoms with E-state index in [1.54, 1.807) is 6.21 Å². The first-order chi connectivity index (χ1) is 15.6. The maximum absolute atomic E-state index is 12.8. The van der Waals surface area contributed by atoms with Crippen LogP contribution in [0.2, 0.25) is 5.02 Å². The second kappa shape index (κ2) is 8.59. The van der Waals surface area contributed by atoms with Crippen molar-refractivity contribution in [1.29, 1.82) is 0 Å². The molecule has 1 amide bonds. The zero-order valence-electron chi connectivity index (χ0n) is 18.2. The van der Waals surface area contributed by atoms with E-state index in [4.69, 9.17) is 16.3 Å². The van der Waals surface area contributed by atoms with Gasteiger partial charge in [-0.1, -0.05) is 73.8 Å². The number of nitrogens with one attached hydrogen (secondary N) is 1. The molecule has 5 heteroatoms. The van der Waals surface area contributed by atoms with Crippen molar-refractivity contribution in [1.82, 2.24) is 5.43 Å². The number of hydrogen-bond donors (Lipinski definition) is 1. The number of carbonyl (C=O) groups is 1. The molecule has 4 nitrogen and oxygen atoms in total. The Kier molecular flexibility index (Phi) is 5.64. The topological polar surface area (TPSA) is 50.7 Å². The van der Waals surface area contributed by atoms with Crippen LogP contribution in [0.5, 0.6) is 5.75 Å². The maximum atomic E-state index is 12.8. The standard InChI is InChI=1S/C27H27ClN2O2/c1-27-15-5-4-8-23(27)25(27)26(31)30-29-16-22-21-7-3-2-6-19(21)11-14-24(22)32-17-18-9-12-20(28)13-10-18/h2-3,6-7,9-14,16,23,25H,4-5,8,15,17H2,1H3,(H,30,31)/b29-16-/t23-,25-,27-/m0/s1. The number of fused-ring (bicyclic) bond motifs is 2. The summed E-state index contributed by atoms with van der Waals surface area (Å²) < 4.78 is 6.13. The Morgan fingerprint density at radius 1 is 1.16 bits per heavy atom. The summed E-state index contributed by atoms with van der Waals surface area (Å²) in [6.45, 7) is 2.67. The molecule has 0 unspecified atom stereocenters. The fourth-order valence-corrected chi connectivity index (χ4v) is 5.48. The van der Waals surface area contributed by atoms with Crippen LogP contribution in [0.3, 0.4) is 0 Å². The lowest BCUT2D eigenvalue weighted by Gasteiger charge is -2.15. The van der Waals surface area contributed by atoms with E-state index in [0.717, 1.165) is 40.5 Å². The highest BCUT2D eigenvalue weighted by molar-refractivity contribution is 6.30. The molecule has 0 spiro atoms. The number of benzene rings is 3. The van der Waals surface area contributed by atoms with Crippen molar-refractivity contribution in [3.05, 3.63) is 76.8 Å². The minimum atomic E-state index is 0.0412. The van der Waals surface area contributed by atoms with E-state index < -0.39 is 0 Å². The van der Waals surface area contributed by atoms with Crippen LogP contribution in [0.15, 0.2) is 65.8 Å². The summed E-state index contributed by atoms with van der Waals surface area (Å²) in [5.41, 5.74) is 4.87. The smallest absolute Gasteiger partial charge is 0.244 e. The first-order valence-electron chi connectivity index (χ1n) is 11.3. The molecule has 3 atom stereocenters. The maximum Gasteiger partial charge on any atom is 0.244 e. The quantitative estimate of drug-likeness (QED) is 0.354. The highest BCUT2D eigenvalue weighted by atomic mass is 35.5. The SMILES string of the molecule is C[C@]12CCCC[C@H]1[C@H]2C(=O)N/N=C\c1c(OCc2ccc(Cl)cc2)ccc2ccccc12. The van der Waals surface area contributed by atoms with Gasteiger partial charge >= 0.3 is 0 Å². The van der Waals surface area contributed by atoms with Crippen molar-refractivity contribution in [2.24, 2.45) is 22.4 Å². The van der Waals surface area contributed by atoms with Crippen LogP contribution in [0.4, 0.5) is 0 Å². The van der Waals surface area contributed by atoms with Crippen LogP contribution >= 0.6 is 11.6 Å². The average molecular weight is 447 g/mol. The van der Waals surface area contributed by atoms with Gasteiger partial charge in [-0.3, -0.25) is 4.79 Å². The lowest BCUT2D eigenvalue weighted by atomic mass is 9.90. The fourth-order valence-electron chi connectivity index (χ4n) is 5.36. The molecular formula is C27H27ClN2O2. The molecule has 2 aliphatic carbocycles. The molecule has 3 aromatic rings. The molecule has 0 aromatic heterocycles. The molecule has 0 bridgehead atoms. The van der Waals surface area contributed by atoms with E-state index in [-0.39, 0.29) is 17.2 Å². The summed E-state index contributed by atoms with van der Waals surface area (Å²) in [5, 5.41) is 7.18. The van der Waals surface area contributed by atoms with E-state index in [9.17, 15) is 4.79 Å². The van der Waals surface area contributed by atoms with Gasteiger partial charge in [0.2, 0.25) is 5.91 Å². The average Bonchev–Trinajstić information content (AvgIpc) is 3.44. The van der Waals surface area contributed by atoms with Crippen LogP contribution in [0.25, 0.3) is 10.8 Å². The molecule has 32 heavy (non-hydrogen) atoms. The Bertz CT molecular complexity index is 1170. The van der Waals surface area contributed by atoms with Gasteiger partial charge in [0.05, 0.1) is 6.21 Å². The van der Waals surface area contributed by atoms with Crippen LogP contribution < -0.4 is 10.2 Å². The van der Waals surface area contributed by atoms with Crippen molar-refractivity contribution < 1.29 is 9.53 Å². The van der Waals surface area contributed by atoms with Gasteiger partial charge in [0, 0.05) is 16.5 Å². The zero-order chi connectivity index (χ0) is 22.1. The third-order valence-electron chi connectivity index (χ3n) is 7.22. The molecule has 2 aliphatic rings. The molecular weight excluding hydrogens is 420 g/mol. The molecule has 164 valence electrons. The van der Waals surface area contributed by atoms with Crippen LogP contribution in [0.1, 0.15) is 43.7 Å². The number of nitrogens with zero attached hydrogens (tertiary/aromatic N) is 1. The summed E-state index contributed by atoms with van der Waals surface area (Å²) in [6, 6.07) is 19.7. The number of ether oxygens (including phenoxy) is 1. The molecule has 2 fully saturated rings. The minimum Gasteiger partial charge on any atom is -0.488 e. The molecule has 0 heterocycles. The van der Waals surface area contributed by atoms with Gasteiger partial charge in [0.1, 0.15) is 12.4 Å². The summed E-state index contributed by atoms with van der Waals surface area (Å²) in [6.07, 6.45) is 6.48. The molecule has 0 aliphatic heterocycles. The van der Waals surface area contributed by atoms with E-state index in [1.807, 2.05) is 54.6 Å². The van der Waals surface area contributed by atoms with Crippen molar-refractivity contribution in [3.8, 4) is 5.75 Å². The second-order valence-electron chi connectivity index (χ2n) is 9.18. The van der Waals surface area contributed by atoms with E-state index >= 15 is 0 Å². The molecule has 2 saturated carbocycles. The van der Waals surface area contributed by atoms with Gasteiger partial charge in [-0.2, -0.15) is 5.10 Å². The molecule has 0 saturated heterocycles. The Hall–Kier alpha value is -2.85. The highest BCUT2D eigenvalue weighted by Gasteiger charge is 2.64. The monoisotopic (exact) mass is 446 g/mol. The predicted octanol–water partition coefficient (Wildman–Crippen LogP) is 6.35. The van der Waals surface area contributed by atoms with Gasteiger partial charge in [-0.25, -0.2) is 5.43 Å². The third-order valence-corrected chi connectivity index (χ3v) is 7.47. The van der Waals surface area contributed by atoms with Crippen molar-refractivity contribution >= 4 is 34.5 Å². The zero-order valence-corrected chi connectivity index (χ0v) is 18.9. The molecule has 5 rings (SSSR count).